The van der Waals surface area contributed by atoms with E-state index in [0.717, 1.165) is 53.5 Å². The fourth-order valence-electron chi connectivity index (χ4n) is 3.53. The number of nitrogens with zero attached hydrogens (tertiary/aromatic N) is 3. The zero-order chi connectivity index (χ0) is 19.5. The van der Waals surface area contributed by atoms with Crippen LogP contribution in [0.3, 0.4) is 0 Å². The lowest BCUT2D eigenvalue weighted by Gasteiger charge is -2.17. The van der Waals surface area contributed by atoms with E-state index in [4.69, 9.17) is 0 Å². The number of hydrogen-bond donors (Lipinski definition) is 0. The summed E-state index contributed by atoms with van der Waals surface area (Å²) < 4.78 is 2.21. The van der Waals surface area contributed by atoms with Gasteiger partial charge < -0.3 is 4.57 Å². The topological polar surface area (TPSA) is 47.8 Å². The average molecular weight is 392 g/mol. The van der Waals surface area contributed by atoms with Crippen molar-refractivity contribution < 1.29 is 4.79 Å². The van der Waals surface area contributed by atoms with Gasteiger partial charge in [0.1, 0.15) is 11.1 Å². The van der Waals surface area contributed by atoms with Gasteiger partial charge in [0.25, 0.3) is 0 Å². The highest BCUT2D eigenvalue weighted by Gasteiger charge is 2.27. The van der Waals surface area contributed by atoms with Gasteiger partial charge in [-0.2, -0.15) is 0 Å². The molecule has 0 saturated heterocycles. The van der Waals surface area contributed by atoms with Crippen LogP contribution in [0.5, 0.6) is 0 Å². The van der Waals surface area contributed by atoms with Crippen LogP contribution >= 0.6 is 11.8 Å². The van der Waals surface area contributed by atoms with E-state index in [-0.39, 0.29) is 11.0 Å². The van der Waals surface area contributed by atoms with Crippen LogP contribution in [-0.2, 0) is 13.0 Å². The molecule has 1 aliphatic heterocycles. The maximum absolute atomic E-state index is 13.4. The van der Waals surface area contributed by atoms with Crippen LogP contribution in [0.2, 0.25) is 0 Å². The van der Waals surface area contributed by atoms with E-state index < -0.39 is 0 Å². The largest absolute Gasteiger partial charge is 0.306 e. The molecule has 0 spiro atoms. The van der Waals surface area contributed by atoms with Crippen molar-refractivity contribution in [3.05, 3.63) is 76.6 Å². The van der Waals surface area contributed by atoms with Crippen molar-refractivity contribution in [2.24, 2.45) is 0 Å². The summed E-state index contributed by atoms with van der Waals surface area (Å²) >= 11 is 1.53. The summed E-state index contributed by atoms with van der Waals surface area (Å²) in [6.07, 6.45) is 4.48. The van der Waals surface area contributed by atoms with E-state index in [0.29, 0.717) is 0 Å². The smallest absolute Gasteiger partial charge is 0.192 e. The number of Topliss-reactive ketones (excluding diaryl/α,β-unsaturated/α-hetero) is 1. The summed E-state index contributed by atoms with van der Waals surface area (Å²) in [5.74, 6) is 1.16. The average Bonchev–Trinajstić information content (AvgIpc) is 2.93. The third-order valence-corrected chi connectivity index (χ3v) is 6.49. The molecule has 1 aliphatic rings. The third-order valence-electron chi connectivity index (χ3n) is 5.25. The lowest BCUT2D eigenvalue weighted by molar-refractivity contribution is 0.0989. The van der Waals surface area contributed by atoms with Crippen LogP contribution in [0.25, 0.3) is 0 Å². The van der Waals surface area contributed by atoms with Crippen molar-refractivity contribution in [3.63, 3.8) is 0 Å². The summed E-state index contributed by atoms with van der Waals surface area (Å²) in [4.78, 5) is 13.4. The number of aryl methyl sites for hydroxylation is 3. The van der Waals surface area contributed by atoms with Crippen LogP contribution in [0.4, 0.5) is 0 Å². The quantitative estimate of drug-likeness (QED) is 0.435. The maximum atomic E-state index is 13.4. The van der Waals surface area contributed by atoms with E-state index in [1.165, 1.54) is 23.7 Å². The van der Waals surface area contributed by atoms with Crippen LogP contribution < -0.4 is 0 Å². The molecule has 0 saturated carbocycles. The Morgan fingerprint density at radius 3 is 2.32 bits per heavy atom. The summed E-state index contributed by atoms with van der Waals surface area (Å²) in [5.41, 5.74) is 4.08. The molecule has 0 bridgehead atoms. The predicted octanol–water partition coefficient (Wildman–Crippen LogP) is 5.34. The molecular weight excluding hydrogens is 366 g/mol. The zero-order valence-electron chi connectivity index (χ0n) is 16.4. The second kappa shape index (κ2) is 8.31. The van der Waals surface area contributed by atoms with Crippen LogP contribution in [0, 0.1) is 13.8 Å². The second-order valence-electron chi connectivity index (χ2n) is 7.50. The van der Waals surface area contributed by atoms with Crippen molar-refractivity contribution in [1.29, 1.82) is 0 Å². The molecule has 5 heteroatoms. The molecule has 0 fully saturated rings. The van der Waals surface area contributed by atoms with E-state index >= 15 is 0 Å². The van der Waals surface area contributed by atoms with Gasteiger partial charge in [-0.1, -0.05) is 77.8 Å². The van der Waals surface area contributed by atoms with E-state index in [2.05, 4.69) is 46.0 Å². The van der Waals surface area contributed by atoms with Gasteiger partial charge in [-0.3, -0.25) is 4.79 Å². The summed E-state index contributed by atoms with van der Waals surface area (Å²) in [6.45, 7) is 5.03. The van der Waals surface area contributed by atoms with Gasteiger partial charge in [0, 0.05) is 18.5 Å². The van der Waals surface area contributed by atoms with Gasteiger partial charge in [0.05, 0.1) is 0 Å². The highest BCUT2D eigenvalue weighted by Crippen LogP contribution is 2.38. The van der Waals surface area contributed by atoms with Gasteiger partial charge in [0.2, 0.25) is 0 Å². The minimum atomic E-state index is -0.333. The lowest BCUT2D eigenvalue weighted by Crippen LogP contribution is -2.12. The second-order valence-corrected chi connectivity index (χ2v) is 8.57. The van der Waals surface area contributed by atoms with Crippen molar-refractivity contribution in [2.75, 3.05) is 0 Å². The first-order chi connectivity index (χ1) is 13.6. The van der Waals surface area contributed by atoms with Crippen LogP contribution in [0.15, 0.2) is 53.7 Å². The van der Waals surface area contributed by atoms with Crippen molar-refractivity contribution in [1.82, 2.24) is 14.8 Å². The Bertz CT molecular complexity index is 961. The lowest BCUT2D eigenvalue weighted by atomic mass is 10.0. The van der Waals surface area contributed by atoms with E-state index in [1.807, 2.05) is 31.2 Å². The zero-order valence-corrected chi connectivity index (χ0v) is 17.2. The number of ketones is 1. The molecule has 144 valence electrons. The van der Waals surface area contributed by atoms with Crippen LogP contribution in [-0.4, -0.2) is 20.5 Å². The molecule has 0 radical (unpaired) electrons. The van der Waals surface area contributed by atoms with Gasteiger partial charge in [-0.15, -0.1) is 10.2 Å². The van der Waals surface area contributed by atoms with Gasteiger partial charge >= 0.3 is 0 Å². The molecule has 3 aromatic rings. The Kier molecular flexibility index (Phi) is 5.62. The van der Waals surface area contributed by atoms with Crippen molar-refractivity contribution >= 4 is 17.5 Å². The third kappa shape index (κ3) is 4.04. The molecule has 2 heterocycles. The van der Waals surface area contributed by atoms with Gasteiger partial charge in [-0.25, -0.2) is 0 Å². The minimum absolute atomic E-state index is 0.111. The Morgan fingerprint density at radius 2 is 1.61 bits per heavy atom. The minimum Gasteiger partial charge on any atom is -0.306 e. The molecule has 0 amide bonds. The molecular formula is C23H25N3OS. The first-order valence-corrected chi connectivity index (χ1v) is 10.8. The maximum Gasteiger partial charge on any atom is 0.192 e. The van der Waals surface area contributed by atoms with Crippen molar-refractivity contribution in [2.45, 2.75) is 56.5 Å². The molecule has 28 heavy (non-hydrogen) atoms. The van der Waals surface area contributed by atoms with Crippen LogP contribution in [0.1, 0.15) is 57.4 Å². The van der Waals surface area contributed by atoms with Crippen molar-refractivity contribution in [3.8, 4) is 0 Å². The Hall–Kier alpha value is -2.40. The number of carbonyl (C=O) groups is 1. The number of fused-ring (bicyclic) bond motifs is 1. The standard InChI is InChI=1S/C23H25N3OS/c1-16-7-11-18(12-8-16)21(27)22(19-13-9-17(2)10-14-19)28-23-25-24-20-6-4-3-5-15-26(20)23/h7-14,22H,3-6,15H2,1-2H3/t22-/m0/s1. The molecule has 2 aromatic carbocycles. The SMILES string of the molecule is Cc1ccc(C(=O)[C@@H](Sc2nnc3n2CCCCC3)c2ccc(C)cc2)cc1. The van der Waals surface area contributed by atoms with Gasteiger partial charge in [0.15, 0.2) is 10.9 Å². The normalized spacial score (nSPS) is 14.9. The highest BCUT2D eigenvalue weighted by atomic mass is 32.2. The van der Waals surface area contributed by atoms with E-state index in [1.54, 1.807) is 0 Å². The fourth-order valence-corrected chi connectivity index (χ4v) is 4.69. The molecule has 0 unspecified atom stereocenters. The number of benzene rings is 2. The molecule has 0 aliphatic carbocycles. The number of thioether (sulfide) groups is 1. The summed E-state index contributed by atoms with van der Waals surface area (Å²) in [7, 11) is 0. The monoisotopic (exact) mass is 391 g/mol. The van der Waals surface area contributed by atoms with E-state index in [9.17, 15) is 4.79 Å². The molecule has 0 N–H and O–H groups in total. The Balaban J connectivity index is 1.69. The van der Waals surface area contributed by atoms with Gasteiger partial charge in [-0.05, 0) is 32.3 Å². The summed E-state index contributed by atoms with van der Waals surface area (Å²) in [5, 5.41) is 9.35. The Morgan fingerprint density at radius 1 is 0.929 bits per heavy atom. The first-order valence-electron chi connectivity index (χ1n) is 9.88. The number of aromatic nitrogens is 3. The number of carbonyl (C=O) groups excluding carboxylic acids is 1. The first kappa shape index (κ1) is 18.9. The Labute approximate surface area is 170 Å². The molecule has 1 atom stereocenters. The molecule has 4 rings (SSSR count). The number of hydrogen-bond acceptors (Lipinski definition) is 4. The predicted molar refractivity (Wildman–Crippen MR) is 113 cm³/mol. The number of rotatable bonds is 5. The summed E-state index contributed by atoms with van der Waals surface area (Å²) in [6, 6.07) is 16.1. The molecule has 4 nitrogen and oxygen atoms in total. The highest BCUT2D eigenvalue weighted by molar-refractivity contribution is 8.00. The molecule has 1 aromatic heterocycles. The fraction of sp³-hybridized carbons (Fsp3) is 0.348.